The third-order valence-electron chi connectivity index (χ3n) is 7.72. The monoisotopic (exact) mass is 412 g/mol. The second-order valence-electron chi connectivity index (χ2n) is 9.27. The number of hydrogen-bond acceptors (Lipinski definition) is 4. The Kier molecular flexibility index (Phi) is 3.26. The molecular formula is C25H20N2O4. The first-order valence-corrected chi connectivity index (χ1v) is 10.8. The van der Waals surface area contributed by atoms with Crippen LogP contribution in [0.4, 0.5) is 5.69 Å². The SMILES string of the molecule is O=C(CN1C(=O)[C@@H]2[C@H]3C=C[C@@H]([C@@H]4C[C@@H]34)[C@H]2C1=O)Nc1ccc2c(c1)oc1ccccc12. The maximum atomic E-state index is 13.0. The van der Waals surface area contributed by atoms with Crippen LogP contribution in [0.2, 0.25) is 0 Å². The number of benzene rings is 2. The van der Waals surface area contributed by atoms with E-state index < -0.39 is 0 Å². The Bertz CT molecular complexity index is 1300. The van der Waals surface area contributed by atoms with E-state index in [1.54, 1.807) is 6.07 Å². The van der Waals surface area contributed by atoms with Gasteiger partial charge in [-0.2, -0.15) is 0 Å². The Hall–Kier alpha value is -3.41. The summed E-state index contributed by atoms with van der Waals surface area (Å²) in [5, 5.41) is 4.82. The maximum absolute atomic E-state index is 13.0. The van der Waals surface area contributed by atoms with Gasteiger partial charge in [-0.05, 0) is 48.3 Å². The van der Waals surface area contributed by atoms with E-state index in [1.807, 2.05) is 36.4 Å². The summed E-state index contributed by atoms with van der Waals surface area (Å²) in [6.45, 7) is -0.238. The highest BCUT2D eigenvalue weighted by molar-refractivity contribution is 6.10. The minimum Gasteiger partial charge on any atom is -0.456 e. The van der Waals surface area contributed by atoms with Crippen LogP contribution < -0.4 is 5.32 Å². The largest absolute Gasteiger partial charge is 0.456 e. The average Bonchev–Trinajstić information content (AvgIpc) is 3.47. The van der Waals surface area contributed by atoms with Gasteiger partial charge in [-0.1, -0.05) is 30.4 Å². The molecule has 2 saturated carbocycles. The predicted molar refractivity (Wildman–Crippen MR) is 114 cm³/mol. The van der Waals surface area contributed by atoms with Crippen molar-refractivity contribution in [3.63, 3.8) is 0 Å². The van der Waals surface area contributed by atoms with E-state index in [0.717, 1.165) is 22.8 Å². The zero-order chi connectivity index (χ0) is 20.9. The first-order valence-electron chi connectivity index (χ1n) is 10.8. The molecule has 4 aliphatic carbocycles. The van der Waals surface area contributed by atoms with Crippen LogP contribution in [-0.2, 0) is 14.4 Å². The third-order valence-corrected chi connectivity index (χ3v) is 7.72. The maximum Gasteiger partial charge on any atom is 0.244 e. The van der Waals surface area contributed by atoms with Gasteiger partial charge in [-0.25, -0.2) is 0 Å². The molecule has 154 valence electrons. The lowest BCUT2D eigenvalue weighted by atomic mass is 9.63. The number of amides is 3. The minimum atomic E-state index is -0.374. The quantitative estimate of drug-likeness (QED) is 0.527. The summed E-state index contributed by atoms with van der Waals surface area (Å²) >= 11 is 0. The number of anilines is 1. The predicted octanol–water partition coefficient (Wildman–Crippen LogP) is 3.58. The Balaban J connectivity index is 1.11. The number of rotatable bonds is 3. The molecule has 0 radical (unpaired) electrons. The number of likely N-dealkylation sites (tertiary alicyclic amines) is 1. The number of carbonyl (C=O) groups is 3. The number of fused-ring (bicyclic) bond motifs is 3. The van der Waals surface area contributed by atoms with E-state index in [1.165, 1.54) is 4.90 Å². The summed E-state index contributed by atoms with van der Waals surface area (Å²) in [6.07, 6.45) is 5.40. The standard InChI is InChI=1S/C25H20N2O4/c28-21(26-12-5-6-14-13-3-1-2-4-19(13)31-20(14)9-12)11-27-24(29)22-15-7-8-16(18-10-17(15)18)23(22)25(27)30/h1-9,15-18,22-23H,10-11H2,(H,26,28)/t15-,16-,17-,18-,22+,23+/m0/s1. The van der Waals surface area contributed by atoms with Gasteiger partial charge in [0.15, 0.2) is 0 Å². The summed E-state index contributed by atoms with van der Waals surface area (Å²) in [5.74, 6) is 0.165. The number of imide groups is 1. The zero-order valence-electron chi connectivity index (χ0n) is 16.7. The van der Waals surface area contributed by atoms with E-state index in [-0.39, 0.29) is 47.9 Å². The Morgan fingerprint density at radius 3 is 2.35 bits per heavy atom. The van der Waals surface area contributed by atoms with Crippen LogP contribution in [0.25, 0.3) is 21.9 Å². The van der Waals surface area contributed by atoms with E-state index in [2.05, 4.69) is 17.5 Å². The van der Waals surface area contributed by atoms with Crippen molar-refractivity contribution in [1.29, 1.82) is 0 Å². The van der Waals surface area contributed by atoms with Crippen LogP contribution in [0.15, 0.2) is 59.0 Å². The first-order chi connectivity index (χ1) is 15.1. The molecule has 3 aromatic rings. The topological polar surface area (TPSA) is 79.6 Å². The molecule has 5 aliphatic rings. The molecule has 6 atom stereocenters. The molecular weight excluding hydrogens is 392 g/mol. The highest BCUT2D eigenvalue weighted by atomic mass is 16.3. The first kappa shape index (κ1) is 17.3. The lowest BCUT2D eigenvalue weighted by Crippen LogP contribution is -2.40. The van der Waals surface area contributed by atoms with Crippen LogP contribution in [0.1, 0.15) is 6.42 Å². The Labute approximate surface area is 177 Å². The molecule has 2 aromatic carbocycles. The average molecular weight is 412 g/mol. The van der Waals surface area contributed by atoms with Gasteiger partial charge in [-0.15, -0.1) is 0 Å². The van der Waals surface area contributed by atoms with Crippen molar-refractivity contribution < 1.29 is 18.8 Å². The van der Waals surface area contributed by atoms with Crippen molar-refractivity contribution in [2.75, 3.05) is 11.9 Å². The summed E-state index contributed by atoms with van der Waals surface area (Å²) in [6, 6.07) is 13.3. The minimum absolute atomic E-state index is 0.167. The molecule has 8 rings (SSSR count). The second-order valence-corrected chi connectivity index (χ2v) is 9.27. The van der Waals surface area contributed by atoms with Gasteiger partial charge in [0.25, 0.3) is 0 Å². The number of hydrogen-bond donors (Lipinski definition) is 1. The number of allylic oxidation sites excluding steroid dienone is 2. The van der Waals surface area contributed by atoms with Crippen molar-refractivity contribution in [3.8, 4) is 0 Å². The summed E-state index contributed by atoms with van der Waals surface area (Å²) < 4.78 is 5.87. The molecule has 6 nitrogen and oxygen atoms in total. The summed E-state index contributed by atoms with van der Waals surface area (Å²) in [7, 11) is 0. The third kappa shape index (κ3) is 2.30. The number of nitrogens with zero attached hydrogens (tertiary/aromatic N) is 1. The molecule has 3 amide bonds. The fraction of sp³-hybridized carbons (Fsp3) is 0.320. The van der Waals surface area contributed by atoms with Crippen molar-refractivity contribution in [3.05, 3.63) is 54.6 Å². The molecule has 6 heteroatoms. The van der Waals surface area contributed by atoms with Crippen LogP contribution in [0, 0.1) is 35.5 Å². The lowest BCUT2D eigenvalue weighted by molar-refractivity contribution is -0.142. The molecule has 0 spiro atoms. The second kappa shape index (κ2) is 5.84. The van der Waals surface area contributed by atoms with E-state index in [9.17, 15) is 14.4 Å². The van der Waals surface area contributed by atoms with E-state index >= 15 is 0 Å². The molecule has 31 heavy (non-hydrogen) atoms. The Morgan fingerprint density at radius 2 is 1.61 bits per heavy atom. The fourth-order valence-corrected chi connectivity index (χ4v) is 6.32. The van der Waals surface area contributed by atoms with Gasteiger partial charge in [0.1, 0.15) is 17.7 Å². The lowest BCUT2D eigenvalue weighted by Gasteiger charge is -2.37. The van der Waals surface area contributed by atoms with Gasteiger partial charge in [-0.3, -0.25) is 19.3 Å². The molecule has 2 bridgehead atoms. The van der Waals surface area contributed by atoms with E-state index in [0.29, 0.717) is 23.1 Å². The van der Waals surface area contributed by atoms with Gasteiger partial charge in [0.05, 0.1) is 11.8 Å². The van der Waals surface area contributed by atoms with Crippen molar-refractivity contribution >= 4 is 45.3 Å². The van der Waals surface area contributed by atoms with Crippen molar-refractivity contribution in [2.45, 2.75) is 6.42 Å². The van der Waals surface area contributed by atoms with Gasteiger partial charge in [0.2, 0.25) is 17.7 Å². The normalized spacial score (nSPS) is 32.6. The summed E-state index contributed by atoms with van der Waals surface area (Å²) in [4.78, 5) is 40.0. The van der Waals surface area contributed by atoms with Crippen LogP contribution >= 0.6 is 0 Å². The van der Waals surface area contributed by atoms with E-state index in [4.69, 9.17) is 4.42 Å². The van der Waals surface area contributed by atoms with Crippen LogP contribution in [-0.4, -0.2) is 29.2 Å². The van der Waals surface area contributed by atoms with Gasteiger partial charge >= 0.3 is 0 Å². The molecule has 2 heterocycles. The highest BCUT2D eigenvalue weighted by Gasteiger charge is 2.67. The number of para-hydroxylation sites is 1. The van der Waals surface area contributed by atoms with Crippen LogP contribution in [0.3, 0.4) is 0 Å². The number of nitrogens with one attached hydrogen (secondary N) is 1. The summed E-state index contributed by atoms with van der Waals surface area (Å²) in [5.41, 5.74) is 2.05. The molecule has 3 fully saturated rings. The molecule has 0 unspecified atom stereocenters. The van der Waals surface area contributed by atoms with Crippen molar-refractivity contribution in [2.24, 2.45) is 35.5 Å². The molecule has 1 saturated heterocycles. The van der Waals surface area contributed by atoms with Crippen molar-refractivity contribution in [1.82, 2.24) is 4.90 Å². The molecule has 1 aromatic heterocycles. The highest BCUT2D eigenvalue weighted by Crippen LogP contribution is 2.65. The number of carbonyl (C=O) groups excluding carboxylic acids is 3. The number of furan rings is 1. The Morgan fingerprint density at radius 1 is 0.935 bits per heavy atom. The molecule has 1 N–H and O–H groups in total. The van der Waals surface area contributed by atoms with Gasteiger partial charge < -0.3 is 9.73 Å². The van der Waals surface area contributed by atoms with Gasteiger partial charge in [0, 0.05) is 22.5 Å². The fourth-order valence-electron chi connectivity index (χ4n) is 6.32. The molecule has 1 aliphatic heterocycles. The van der Waals surface area contributed by atoms with Crippen LogP contribution in [0.5, 0.6) is 0 Å². The smallest absolute Gasteiger partial charge is 0.244 e. The zero-order valence-corrected chi connectivity index (χ0v) is 16.7.